The van der Waals surface area contributed by atoms with Gasteiger partial charge in [0.2, 0.25) is 11.8 Å². The average Bonchev–Trinajstić information content (AvgIpc) is 3.27. The molecule has 10 nitrogen and oxygen atoms in total. The van der Waals surface area contributed by atoms with Crippen molar-refractivity contribution in [1.29, 1.82) is 0 Å². The molecule has 2 aliphatic rings. The third kappa shape index (κ3) is 5.94. The number of imide groups is 1. The second-order valence-electron chi connectivity index (χ2n) is 9.80. The molecule has 0 bridgehead atoms. The first kappa shape index (κ1) is 27.9. The minimum atomic E-state index is -0.801. The molecule has 0 spiro atoms. The number of halogens is 2. The van der Waals surface area contributed by atoms with E-state index in [0.29, 0.717) is 33.1 Å². The van der Waals surface area contributed by atoms with Crippen LogP contribution in [0.2, 0.25) is 5.02 Å². The molecule has 2 aliphatic heterocycles. The molecule has 1 atom stereocenters. The third-order valence-electron chi connectivity index (χ3n) is 7.07. The maximum absolute atomic E-state index is 13.2. The van der Waals surface area contributed by atoms with E-state index in [1.165, 1.54) is 23.1 Å². The molecular weight excluding hydrogens is 555 g/mol. The summed E-state index contributed by atoms with van der Waals surface area (Å²) < 4.78 is 19.0. The number of carbonyl (C=O) groups is 4. The first-order valence-corrected chi connectivity index (χ1v) is 13.2. The highest BCUT2D eigenvalue weighted by Gasteiger charge is 2.40. The smallest absolute Gasteiger partial charge is 0.319 e. The normalized spacial score (nSPS) is 16.3. The third-order valence-corrected chi connectivity index (χ3v) is 7.47. The summed E-state index contributed by atoms with van der Waals surface area (Å²) in [6, 6.07) is 10.8. The van der Waals surface area contributed by atoms with Crippen molar-refractivity contribution in [2.24, 2.45) is 0 Å². The molecule has 5 rings (SSSR count). The van der Waals surface area contributed by atoms with Gasteiger partial charge in [0.05, 0.1) is 6.54 Å². The summed E-state index contributed by atoms with van der Waals surface area (Å²) in [4.78, 5) is 50.7. The maximum atomic E-state index is 13.2. The van der Waals surface area contributed by atoms with Crippen LogP contribution in [0.15, 0.2) is 48.5 Å². The van der Waals surface area contributed by atoms with Crippen LogP contribution in [0.3, 0.4) is 0 Å². The zero-order chi connectivity index (χ0) is 29.3. The van der Waals surface area contributed by atoms with E-state index in [2.05, 4.69) is 16.0 Å². The number of carbonyl (C=O) groups excluding carboxylic acids is 4. The molecule has 12 heteroatoms. The van der Waals surface area contributed by atoms with Crippen LogP contribution < -0.4 is 20.7 Å². The molecule has 5 amide bonds. The average molecular weight is 581 g/mol. The van der Waals surface area contributed by atoms with Crippen LogP contribution >= 0.6 is 11.6 Å². The number of fused-ring (bicyclic) bond motifs is 1. The van der Waals surface area contributed by atoms with Gasteiger partial charge in [0.25, 0.3) is 5.91 Å². The zero-order valence-electron chi connectivity index (χ0n) is 21.9. The number of amides is 5. The van der Waals surface area contributed by atoms with Crippen LogP contribution in [0.5, 0.6) is 11.5 Å². The fourth-order valence-corrected chi connectivity index (χ4v) is 4.99. The van der Waals surface area contributed by atoms with Crippen molar-refractivity contribution in [3.8, 4) is 11.5 Å². The fourth-order valence-electron chi connectivity index (χ4n) is 4.78. The van der Waals surface area contributed by atoms with E-state index < -0.39 is 23.9 Å². The lowest BCUT2D eigenvalue weighted by atomic mass is 10.0. The van der Waals surface area contributed by atoms with Crippen LogP contribution in [-0.2, 0) is 29.3 Å². The van der Waals surface area contributed by atoms with Crippen LogP contribution in [0, 0.1) is 12.7 Å². The van der Waals surface area contributed by atoms with E-state index in [9.17, 15) is 28.7 Å². The molecule has 0 radical (unpaired) electrons. The number of aromatic hydroxyl groups is 1. The van der Waals surface area contributed by atoms with Crippen molar-refractivity contribution < 1.29 is 33.4 Å². The predicted molar refractivity (Wildman–Crippen MR) is 147 cm³/mol. The summed E-state index contributed by atoms with van der Waals surface area (Å²) in [6.07, 6.45) is 0.336. The van der Waals surface area contributed by atoms with Crippen molar-refractivity contribution in [2.45, 2.75) is 45.5 Å². The summed E-state index contributed by atoms with van der Waals surface area (Å²) in [5.74, 6) is -1.39. The quantitative estimate of drug-likeness (QED) is 0.310. The lowest BCUT2D eigenvalue weighted by molar-refractivity contribution is -0.136. The summed E-state index contributed by atoms with van der Waals surface area (Å²) in [7, 11) is 0. The molecule has 0 saturated carbocycles. The molecule has 212 valence electrons. The fraction of sp³-hybridized carbons (Fsp3) is 0.241. The van der Waals surface area contributed by atoms with E-state index in [4.69, 9.17) is 16.3 Å². The Labute approximate surface area is 239 Å². The number of hydrogen-bond donors (Lipinski definition) is 4. The Balaban J connectivity index is 1.22. The molecular formula is C29H26ClFN4O6. The number of hydrogen-bond acceptors (Lipinski definition) is 6. The minimum Gasteiger partial charge on any atom is -0.507 e. The van der Waals surface area contributed by atoms with Gasteiger partial charge in [-0.05, 0) is 43.2 Å². The summed E-state index contributed by atoms with van der Waals surface area (Å²) in [5.41, 5.74) is 2.80. The number of anilines is 1. The number of piperidine rings is 1. The van der Waals surface area contributed by atoms with Gasteiger partial charge in [-0.25, -0.2) is 9.18 Å². The second kappa shape index (κ2) is 11.5. The van der Waals surface area contributed by atoms with Gasteiger partial charge in [0.15, 0.2) is 0 Å². The Morgan fingerprint density at radius 3 is 2.66 bits per heavy atom. The van der Waals surface area contributed by atoms with Crippen LogP contribution in [0.4, 0.5) is 14.9 Å². The molecule has 4 N–H and O–H groups in total. The highest BCUT2D eigenvalue weighted by Crippen LogP contribution is 2.35. The van der Waals surface area contributed by atoms with Crippen molar-refractivity contribution in [1.82, 2.24) is 15.5 Å². The lowest BCUT2D eigenvalue weighted by Gasteiger charge is -2.29. The minimum absolute atomic E-state index is 0.00881. The number of benzene rings is 3. The van der Waals surface area contributed by atoms with Gasteiger partial charge in [-0.15, -0.1) is 0 Å². The summed E-state index contributed by atoms with van der Waals surface area (Å²) in [6.45, 7) is 1.91. The summed E-state index contributed by atoms with van der Waals surface area (Å²) in [5, 5.41) is 18.8. The molecule has 3 aromatic rings. The largest absolute Gasteiger partial charge is 0.507 e. The van der Waals surface area contributed by atoms with E-state index in [1.807, 2.05) is 0 Å². The molecule has 1 fully saturated rings. The van der Waals surface area contributed by atoms with Gasteiger partial charge in [-0.3, -0.25) is 19.7 Å². The Morgan fingerprint density at radius 2 is 1.93 bits per heavy atom. The van der Waals surface area contributed by atoms with Crippen LogP contribution in [-0.4, -0.2) is 39.8 Å². The van der Waals surface area contributed by atoms with Crippen molar-refractivity contribution in [2.75, 3.05) is 5.32 Å². The van der Waals surface area contributed by atoms with E-state index >= 15 is 0 Å². The van der Waals surface area contributed by atoms with Gasteiger partial charge < -0.3 is 25.4 Å². The standard InChI is InChI=1S/C29H26ClFN4O6/c1-15-22(30)10-19(11-24(15)41-14-16-2-5-18(31)6-3-16)33-29(40)32-12-17-4-7-20-21(26(17)37)13-35(28(20)39)23-8-9-25(36)34-27(23)38/h2-7,10-11,23,37H,8-9,12-14H2,1H3,(H2,32,33,40)(H,34,36,38). The Morgan fingerprint density at radius 1 is 1.17 bits per heavy atom. The van der Waals surface area contributed by atoms with E-state index in [0.717, 1.165) is 5.56 Å². The van der Waals surface area contributed by atoms with Gasteiger partial charge in [0, 0.05) is 52.0 Å². The molecule has 1 unspecified atom stereocenters. The topological polar surface area (TPSA) is 137 Å². The number of nitrogens with one attached hydrogen (secondary N) is 3. The highest BCUT2D eigenvalue weighted by atomic mass is 35.5. The van der Waals surface area contributed by atoms with Crippen molar-refractivity contribution >= 4 is 41.0 Å². The first-order chi connectivity index (χ1) is 19.6. The molecule has 2 heterocycles. The van der Waals surface area contributed by atoms with E-state index in [1.54, 1.807) is 37.3 Å². The van der Waals surface area contributed by atoms with Crippen molar-refractivity contribution in [3.05, 3.63) is 87.2 Å². The number of phenolic OH excluding ortho intramolecular Hbond substituents is 1. The second-order valence-corrected chi connectivity index (χ2v) is 10.2. The van der Waals surface area contributed by atoms with Crippen molar-refractivity contribution in [3.63, 3.8) is 0 Å². The van der Waals surface area contributed by atoms with Gasteiger partial charge in [0.1, 0.15) is 30.0 Å². The molecule has 41 heavy (non-hydrogen) atoms. The van der Waals surface area contributed by atoms with Gasteiger partial charge in [-0.2, -0.15) is 0 Å². The number of rotatable bonds is 7. The van der Waals surface area contributed by atoms with Gasteiger partial charge >= 0.3 is 6.03 Å². The highest BCUT2D eigenvalue weighted by molar-refractivity contribution is 6.32. The Kier molecular flexibility index (Phi) is 7.80. The number of nitrogens with zero attached hydrogens (tertiary/aromatic N) is 1. The van der Waals surface area contributed by atoms with Crippen LogP contribution in [0.1, 0.15) is 45.5 Å². The summed E-state index contributed by atoms with van der Waals surface area (Å²) >= 11 is 6.34. The molecule has 1 saturated heterocycles. The zero-order valence-corrected chi connectivity index (χ0v) is 22.7. The molecule has 3 aromatic carbocycles. The molecule has 0 aliphatic carbocycles. The Hall–Kier alpha value is -4.64. The first-order valence-electron chi connectivity index (χ1n) is 12.8. The Bertz CT molecular complexity index is 1560. The number of urea groups is 1. The SMILES string of the molecule is Cc1c(Cl)cc(NC(=O)NCc2ccc3c(c2O)CN(C2CCC(=O)NC2=O)C3=O)cc1OCc1ccc(F)cc1. The van der Waals surface area contributed by atoms with Crippen LogP contribution in [0.25, 0.3) is 0 Å². The monoisotopic (exact) mass is 580 g/mol. The number of phenols is 1. The van der Waals surface area contributed by atoms with E-state index in [-0.39, 0.29) is 55.6 Å². The maximum Gasteiger partial charge on any atom is 0.319 e. The number of ether oxygens (including phenoxy) is 1. The van der Waals surface area contributed by atoms with Gasteiger partial charge in [-0.1, -0.05) is 29.8 Å². The predicted octanol–water partition coefficient (Wildman–Crippen LogP) is 4.15. The lowest BCUT2D eigenvalue weighted by Crippen LogP contribution is -2.52. The molecule has 0 aromatic heterocycles.